The average Bonchev–Trinajstić information content (AvgIpc) is 2.58. The van der Waals surface area contributed by atoms with Crippen LogP contribution in [0.3, 0.4) is 0 Å². The highest BCUT2D eigenvalue weighted by Crippen LogP contribution is 2.21. The van der Waals surface area contributed by atoms with Crippen LogP contribution in [0.15, 0.2) is 24.3 Å². The summed E-state index contributed by atoms with van der Waals surface area (Å²) < 4.78 is 29.4. The number of nitrogens with zero attached hydrogens (tertiary/aromatic N) is 1. The number of aliphatic hydroxyl groups excluding tert-OH is 1. The predicted molar refractivity (Wildman–Crippen MR) is 90.1 cm³/mol. The van der Waals surface area contributed by atoms with Gasteiger partial charge in [-0.1, -0.05) is 12.1 Å². The molecule has 1 amide bonds. The zero-order valence-corrected chi connectivity index (χ0v) is 14.8. The van der Waals surface area contributed by atoms with Crippen molar-refractivity contribution in [3.05, 3.63) is 29.8 Å². The first-order valence-electron chi connectivity index (χ1n) is 7.86. The van der Waals surface area contributed by atoms with Crippen molar-refractivity contribution in [1.29, 1.82) is 0 Å². The van der Waals surface area contributed by atoms with E-state index < -0.39 is 16.1 Å². The van der Waals surface area contributed by atoms with Crippen molar-refractivity contribution in [2.75, 3.05) is 33.0 Å². The minimum atomic E-state index is -3.19. The number of hydrogen-bond acceptors (Lipinski definition) is 5. The molecule has 1 saturated heterocycles. The summed E-state index contributed by atoms with van der Waals surface area (Å²) in [5, 5.41) is 12.9. The highest BCUT2D eigenvalue weighted by atomic mass is 32.2. The van der Waals surface area contributed by atoms with E-state index in [-0.39, 0.29) is 18.4 Å². The van der Waals surface area contributed by atoms with Crippen LogP contribution < -0.4 is 10.1 Å². The Kier molecular flexibility index (Phi) is 6.20. The molecule has 1 fully saturated rings. The standard InChI is InChI=1S/C16H24N2O5S/c1-23-14-5-3-4-13(10-14)15(19)11-17-16(20)12-6-8-18(9-7-12)24(2,21)22/h3-5,10,12,15,19H,6-9,11H2,1-2H3,(H,17,20). The molecule has 1 atom stereocenters. The summed E-state index contributed by atoms with van der Waals surface area (Å²) in [5.74, 6) is 0.275. The summed E-state index contributed by atoms with van der Waals surface area (Å²) in [6.45, 7) is 0.822. The van der Waals surface area contributed by atoms with Gasteiger partial charge in [0.25, 0.3) is 0 Å². The van der Waals surface area contributed by atoms with Gasteiger partial charge in [-0.15, -0.1) is 0 Å². The monoisotopic (exact) mass is 356 g/mol. The zero-order valence-electron chi connectivity index (χ0n) is 13.9. The van der Waals surface area contributed by atoms with E-state index in [0.29, 0.717) is 37.2 Å². The first-order chi connectivity index (χ1) is 11.3. The summed E-state index contributed by atoms with van der Waals surface area (Å²) in [7, 11) is -1.64. The first kappa shape index (κ1) is 18.7. The predicted octanol–water partition coefficient (Wildman–Crippen LogP) is 0.516. The maximum atomic E-state index is 12.2. The molecule has 1 aliphatic heterocycles. The third kappa shape index (κ3) is 4.93. The normalized spacial score (nSPS) is 18.1. The summed E-state index contributed by atoms with van der Waals surface area (Å²) in [6, 6.07) is 7.05. The number of benzene rings is 1. The van der Waals surface area contributed by atoms with Gasteiger partial charge in [-0.2, -0.15) is 0 Å². The third-order valence-corrected chi connectivity index (χ3v) is 5.55. The van der Waals surface area contributed by atoms with E-state index in [1.54, 1.807) is 31.4 Å². The van der Waals surface area contributed by atoms with E-state index in [9.17, 15) is 18.3 Å². The Balaban J connectivity index is 1.83. The van der Waals surface area contributed by atoms with Gasteiger partial charge in [0.05, 0.1) is 19.5 Å². The molecule has 0 radical (unpaired) electrons. The fraction of sp³-hybridized carbons (Fsp3) is 0.562. The van der Waals surface area contributed by atoms with Crippen LogP contribution in [0.25, 0.3) is 0 Å². The summed E-state index contributed by atoms with van der Waals surface area (Å²) in [6.07, 6.45) is 1.35. The molecule has 1 aromatic carbocycles. The number of sulfonamides is 1. The van der Waals surface area contributed by atoms with Crippen molar-refractivity contribution in [3.63, 3.8) is 0 Å². The number of rotatable bonds is 6. The maximum Gasteiger partial charge on any atom is 0.223 e. The van der Waals surface area contributed by atoms with E-state index in [1.807, 2.05) is 0 Å². The number of carbonyl (C=O) groups excluding carboxylic acids is 1. The second-order valence-corrected chi connectivity index (χ2v) is 7.96. The van der Waals surface area contributed by atoms with Crippen molar-refractivity contribution >= 4 is 15.9 Å². The molecule has 0 bridgehead atoms. The molecule has 1 heterocycles. The van der Waals surface area contributed by atoms with Gasteiger partial charge < -0.3 is 15.2 Å². The lowest BCUT2D eigenvalue weighted by Crippen LogP contribution is -2.43. The summed E-state index contributed by atoms with van der Waals surface area (Å²) in [5.41, 5.74) is 0.668. The van der Waals surface area contributed by atoms with Gasteiger partial charge in [-0.3, -0.25) is 4.79 Å². The molecule has 1 aliphatic rings. The molecule has 0 aliphatic carbocycles. The molecule has 0 saturated carbocycles. The fourth-order valence-corrected chi connectivity index (χ4v) is 3.63. The van der Waals surface area contributed by atoms with Crippen LogP contribution in [0.1, 0.15) is 24.5 Å². The molecule has 2 rings (SSSR count). The van der Waals surface area contributed by atoms with E-state index in [2.05, 4.69) is 5.32 Å². The molecule has 134 valence electrons. The van der Waals surface area contributed by atoms with E-state index >= 15 is 0 Å². The molecule has 2 N–H and O–H groups in total. The highest BCUT2D eigenvalue weighted by molar-refractivity contribution is 7.88. The number of amides is 1. The SMILES string of the molecule is COc1cccc(C(O)CNC(=O)C2CCN(S(C)(=O)=O)CC2)c1. The third-order valence-electron chi connectivity index (χ3n) is 4.24. The van der Waals surface area contributed by atoms with Gasteiger partial charge >= 0.3 is 0 Å². The zero-order chi connectivity index (χ0) is 17.7. The van der Waals surface area contributed by atoms with Gasteiger partial charge in [0, 0.05) is 25.6 Å². The largest absolute Gasteiger partial charge is 0.497 e. The number of methoxy groups -OCH3 is 1. The molecule has 0 spiro atoms. The van der Waals surface area contributed by atoms with Crippen LogP contribution in [0.2, 0.25) is 0 Å². The smallest absolute Gasteiger partial charge is 0.223 e. The summed E-state index contributed by atoms with van der Waals surface area (Å²) >= 11 is 0. The van der Waals surface area contributed by atoms with Gasteiger partial charge in [0.2, 0.25) is 15.9 Å². The van der Waals surface area contributed by atoms with E-state index in [4.69, 9.17) is 4.74 Å². The molecule has 24 heavy (non-hydrogen) atoms. The Labute approximate surface area is 142 Å². The van der Waals surface area contributed by atoms with Gasteiger partial charge in [-0.25, -0.2) is 12.7 Å². The molecule has 0 aromatic heterocycles. The number of carbonyl (C=O) groups is 1. The minimum Gasteiger partial charge on any atom is -0.497 e. The van der Waals surface area contributed by atoms with Crippen LogP contribution in [0.4, 0.5) is 0 Å². The van der Waals surface area contributed by atoms with Crippen molar-refractivity contribution in [3.8, 4) is 5.75 Å². The van der Waals surface area contributed by atoms with Crippen molar-refractivity contribution < 1.29 is 23.1 Å². The highest BCUT2D eigenvalue weighted by Gasteiger charge is 2.29. The second-order valence-electron chi connectivity index (χ2n) is 5.97. The molecule has 7 nitrogen and oxygen atoms in total. The Bertz CT molecular complexity index is 669. The quantitative estimate of drug-likeness (QED) is 0.775. The maximum absolute atomic E-state index is 12.2. The summed E-state index contributed by atoms with van der Waals surface area (Å²) in [4.78, 5) is 12.2. The van der Waals surface area contributed by atoms with Gasteiger partial charge in [-0.05, 0) is 30.5 Å². The number of nitrogens with one attached hydrogen (secondary N) is 1. The fourth-order valence-electron chi connectivity index (χ4n) is 2.76. The average molecular weight is 356 g/mol. The first-order valence-corrected chi connectivity index (χ1v) is 9.71. The van der Waals surface area contributed by atoms with Crippen molar-refractivity contribution in [2.24, 2.45) is 5.92 Å². The minimum absolute atomic E-state index is 0.109. The van der Waals surface area contributed by atoms with Crippen LogP contribution in [-0.4, -0.2) is 56.7 Å². The molecular weight excluding hydrogens is 332 g/mol. The Hall–Kier alpha value is -1.64. The van der Waals surface area contributed by atoms with Crippen LogP contribution in [0.5, 0.6) is 5.75 Å². The van der Waals surface area contributed by atoms with Crippen LogP contribution >= 0.6 is 0 Å². The van der Waals surface area contributed by atoms with Crippen molar-refractivity contribution in [2.45, 2.75) is 18.9 Å². The molecule has 1 aromatic rings. The topological polar surface area (TPSA) is 95.9 Å². The second kappa shape index (κ2) is 7.96. The number of hydrogen-bond donors (Lipinski definition) is 2. The Morgan fingerprint density at radius 2 is 2.08 bits per heavy atom. The Morgan fingerprint density at radius 1 is 1.42 bits per heavy atom. The lowest BCUT2D eigenvalue weighted by Gasteiger charge is -2.29. The van der Waals surface area contributed by atoms with Gasteiger partial charge in [0.15, 0.2) is 0 Å². The van der Waals surface area contributed by atoms with Crippen LogP contribution in [0, 0.1) is 5.92 Å². The lowest BCUT2D eigenvalue weighted by atomic mass is 9.97. The number of piperidine rings is 1. The molecule has 1 unspecified atom stereocenters. The van der Waals surface area contributed by atoms with Gasteiger partial charge in [0.1, 0.15) is 5.75 Å². The molecule has 8 heteroatoms. The van der Waals surface area contributed by atoms with Crippen LogP contribution in [-0.2, 0) is 14.8 Å². The molecular formula is C16H24N2O5S. The van der Waals surface area contributed by atoms with E-state index in [0.717, 1.165) is 0 Å². The number of ether oxygens (including phenoxy) is 1. The van der Waals surface area contributed by atoms with Crippen molar-refractivity contribution in [1.82, 2.24) is 9.62 Å². The Morgan fingerprint density at radius 3 is 2.67 bits per heavy atom. The number of aliphatic hydroxyl groups is 1. The van der Waals surface area contributed by atoms with E-state index in [1.165, 1.54) is 10.6 Å². The lowest BCUT2D eigenvalue weighted by molar-refractivity contribution is -0.126.